The van der Waals surface area contributed by atoms with Crippen LogP contribution in [-0.2, 0) is 6.42 Å². The van der Waals surface area contributed by atoms with Crippen LogP contribution in [0.15, 0.2) is 29.0 Å². The summed E-state index contributed by atoms with van der Waals surface area (Å²) in [5.41, 5.74) is 0.527. The van der Waals surface area contributed by atoms with Crippen molar-refractivity contribution in [3.63, 3.8) is 0 Å². The molecule has 0 amide bonds. The highest BCUT2D eigenvalue weighted by molar-refractivity contribution is 6.34. The molecule has 0 saturated carbocycles. The van der Waals surface area contributed by atoms with Gasteiger partial charge in [0.05, 0.1) is 10.7 Å². The largest absolute Gasteiger partial charge is 0.478 e. The molecule has 0 aliphatic carbocycles. The van der Waals surface area contributed by atoms with Gasteiger partial charge in [-0.15, -0.1) is 0 Å². The Morgan fingerprint density at radius 3 is 3.00 bits per heavy atom. The fraction of sp³-hybridized carbons (Fsp3) is 0.182. The number of carboxylic acids is 1. The minimum Gasteiger partial charge on any atom is -0.478 e. The lowest BCUT2D eigenvalue weighted by atomic mass is 10.1. The van der Waals surface area contributed by atoms with E-state index in [0.29, 0.717) is 24.5 Å². The first-order chi connectivity index (χ1) is 8.68. The molecule has 6 nitrogen and oxygen atoms in total. The van der Waals surface area contributed by atoms with Crippen LogP contribution in [0.4, 0.5) is 5.69 Å². The molecular formula is C11H10ClN3O3. The van der Waals surface area contributed by atoms with E-state index in [4.69, 9.17) is 21.2 Å². The molecule has 1 heterocycles. The summed E-state index contributed by atoms with van der Waals surface area (Å²) in [5, 5.41) is 15.7. The van der Waals surface area contributed by atoms with E-state index < -0.39 is 5.97 Å². The molecule has 0 spiro atoms. The van der Waals surface area contributed by atoms with Crippen molar-refractivity contribution in [1.82, 2.24) is 10.1 Å². The third-order valence-corrected chi connectivity index (χ3v) is 2.60. The number of aromatic carboxylic acids is 1. The molecule has 2 rings (SSSR count). The number of anilines is 1. The smallest absolute Gasteiger partial charge is 0.339 e. The first-order valence-electron chi connectivity index (χ1n) is 5.19. The summed E-state index contributed by atoms with van der Waals surface area (Å²) in [4.78, 5) is 14.9. The normalized spacial score (nSPS) is 10.3. The van der Waals surface area contributed by atoms with E-state index in [1.165, 1.54) is 12.4 Å². The van der Waals surface area contributed by atoms with Crippen LogP contribution >= 0.6 is 11.6 Å². The fourth-order valence-electron chi connectivity index (χ4n) is 1.50. The van der Waals surface area contributed by atoms with Gasteiger partial charge in [0.25, 0.3) is 0 Å². The van der Waals surface area contributed by atoms with Crippen LogP contribution in [0.3, 0.4) is 0 Å². The lowest BCUT2D eigenvalue weighted by Crippen LogP contribution is -2.10. The fourth-order valence-corrected chi connectivity index (χ4v) is 1.75. The number of carbonyl (C=O) groups is 1. The quantitative estimate of drug-likeness (QED) is 0.862. The number of rotatable bonds is 5. The first kappa shape index (κ1) is 12.4. The van der Waals surface area contributed by atoms with Gasteiger partial charge in [0, 0.05) is 13.0 Å². The SMILES string of the molecule is O=C(O)c1c(Cl)cccc1NCCc1ncno1. The average molecular weight is 268 g/mol. The van der Waals surface area contributed by atoms with Crippen molar-refractivity contribution in [2.24, 2.45) is 0 Å². The Labute approximate surface area is 108 Å². The molecule has 1 aromatic heterocycles. The van der Waals surface area contributed by atoms with Gasteiger partial charge in [0.1, 0.15) is 5.56 Å². The van der Waals surface area contributed by atoms with Crippen molar-refractivity contribution in [2.75, 3.05) is 11.9 Å². The van der Waals surface area contributed by atoms with Gasteiger partial charge in [-0.25, -0.2) is 4.79 Å². The Morgan fingerprint density at radius 2 is 2.33 bits per heavy atom. The Balaban J connectivity index is 2.05. The number of halogens is 1. The van der Waals surface area contributed by atoms with E-state index in [1.54, 1.807) is 12.1 Å². The molecule has 0 radical (unpaired) electrons. The topological polar surface area (TPSA) is 88.2 Å². The van der Waals surface area contributed by atoms with Crippen LogP contribution in [0.2, 0.25) is 5.02 Å². The van der Waals surface area contributed by atoms with Gasteiger partial charge in [-0.2, -0.15) is 4.98 Å². The van der Waals surface area contributed by atoms with E-state index >= 15 is 0 Å². The molecule has 0 aliphatic rings. The van der Waals surface area contributed by atoms with Crippen LogP contribution in [0, 0.1) is 0 Å². The predicted octanol–water partition coefficient (Wildman–Crippen LogP) is 2.08. The molecule has 0 aliphatic heterocycles. The van der Waals surface area contributed by atoms with Crippen LogP contribution in [0.5, 0.6) is 0 Å². The van der Waals surface area contributed by atoms with Crippen LogP contribution in [0.1, 0.15) is 16.2 Å². The van der Waals surface area contributed by atoms with Crippen molar-refractivity contribution in [3.05, 3.63) is 41.0 Å². The summed E-state index contributed by atoms with van der Waals surface area (Å²) < 4.78 is 4.83. The maximum atomic E-state index is 11.1. The average Bonchev–Trinajstić information content (AvgIpc) is 2.81. The maximum Gasteiger partial charge on any atom is 0.339 e. The van der Waals surface area contributed by atoms with E-state index in [0.717, 1.165) is 0 Å². The van der Waals surface area contributed by atoms with Gasteiger partial charge < -0.3 is 14.9 Å². The van der Waals surface area contributed by atoms with Crippen molar-refractivity contribution in [2.45, 2.75) is 6.42 Å². The van der Waals surface area contributed by atoms with Gasteiger partial charge in [-0.1, -0.05) is 22.8 Å². The van der Waals surface area contributed by atoms with Crippen molar-refractivity contribution in [3.8, 4) is 0 Å². The van der Waals surface area contributed by atoms with Gasteiger partial charge in [-0.05, 0) is 12.1 Å². The summed E-state index contributed by atoms with van der Waals surface area (Å²) in [6, 6.07) is 4.88. The minimum atomic E-state index is -1.07. The first-order valence-corrected chi connectivity index (χ1v) is 5.57. The number of benzene rings is 1. The summed E-state index contributed by atoms with van der Waals surface area (Å²) in [7, 11) is 0. The van der Waals surface area contributed by atoms with E-state index in [2.05, 4.69) is 15.5 Å². The number of nitrogens with zero attached hydrogens (tertiary/aromatic N) is 2. The van der Waals surface area contributed by atoms with E-state index in [-0.39, 0.29) is 10.6 Å². The molecule has 94 valence electrons. The van der Waals surface area contributed by atoms with Gasteiger partial charge >= 0.3 is 5.97 Å². The molecule has 0 unspecified atom stereocenters. The zero-order valence-corrected chi connectivity index (χ0v) is 10.0. The molecule has 0 atom stereocenters. The maximum absolute atomic E-state index is 11.1. The third-order valence-electron chi connectivity index (χ3n) is 2.29. The van der Waals surface area contributed by atoms with Gasteiger partial charge in [0.15, 0.2) is 6.33 Å². The molecule has 2 aromatic rings. The van der Waals surface area contributed by atoms with Crippen LogP contribution < -0.4 is 5.32 Å². The zero-order chi connectivity index (χ0) is 13.0. The standard InChI is InChI=1S/C11H10ClN3O3/c12-7-2-1-3-8(10(7)11(16)17)13-5-4-9-14-6-15-18-9/h1-3,6,13H,4-5H2,(H,16,17). The van der Waals surface area contributed by atoms with Crippen LogP contribution in [-0.4, -0.2) is 27.8 Å². The van der Waals surface area contributed by atoms with E-state index in [1.807, 2.05) is 0 Å². The zero-order valence-electron chi connectivity index (χ0n) is 9.26. The Bertz CT molecular complexity index is 542. The van der Waals surface area contributed by atoms with Crippen molar-refractivity contribution >= 4 is 23.3 Å². The van der Waals surface area contributed by atoms with Gasteiger partial charge in [0.2, 0.25) is 5.89 Å². The van der Waals surface area contributed by atoms with Gasteiger partial charge in [-0.3, -0.25) is 0 Å². The lowest BCUT2D eigenvalue weighted by Gasteiger charge is -2.09. The Morgan fingerprint density at radius 1 is 1.50 bits per heavy atom. The number of hydrogen-bond donors (Lipinski definition) is 2. The second-order valence-corrected chi connectivity index (χ2v) is 3.89. The summed E-state index contributed by atoms with van der Waals surface area (Å²) in [6.45, 7) is 0.475. The van der Waals surface area contributed by atoms with Crippen molar-refractivity contribution in [1.29, 1.82) is 0 Å². The number of carboxylic acid groups (broad SMARTS) is 1. The molecule has 2 N–H and O–H groups in total. The molecule has 0 fully saturated rings. The second-order valence-electron chi connectivity index (χ2n) is 3.48. The summed E-state index contributed by atoms with van der Waals surface area (Å²) >= 11 is 5.84. The predicted molar refractivity (Wildman–Crippen MR) is 64.9 cm³/mol. The third kappa shape index (κ3) is 2.78. The molecule has 7 heteroatoms. The Kier molecular flexibility index (Phi) is 3.78. The highest BCUT2D eigenvalue weighted by atomic mass is 35.5. The van der Waals surface area contributed by atoms with Crippen LogP contribution in [0.25, 0.3) is 0 Å². The molecule has 0 bridgehead atoms. The molecule has 1 aromatic carbocycles. The number of hydrogen-bond acceptors (Lipinski definition) is 5. The number of aromatic nitrogens is 2. The summed E-state index contributed by atoms with van der Waals surface area (Å²) in [5.74, 6) is -0.581. The molecular weight excluding hydrogens is 258 g/mol. The molecule has 0 saturated heterocycles. The highest BCUT2D eigenvalue weighted by Gasteiger charge is 2.13. The Hall–Kier alpha value is -2.08. The highest BCUT2D eigenvalue weighted by Crippen LogP contribution is 2.24. The minimum absolute atomic E-state index is 0.0599. The number of nitrogens with one attached hydrogen (secondary N) is 1. The second kappa shape index (κ2) is 5.50. The molecule has 18 heavy (non-hydrogen) atoms. The van der Waals surface area contributed by atoms with Crippen molar-refractivity contribution < 1.29 is 14.4 Å². The monoisotopic (exact) mass is 267 g/mol. The van der Waals surface area contributed by atoms with E-state index in [9.17, 15) is 4.79 Å². The lowest BCUT2D eigenvalue weighted by molar-refractivity contribution is 0.0698. The summed E-state index contributed by atoms with van der Waals surface area (Å²) in [6.07, 6.45) is 1.82.